The van der Waals surface area contributed by atoms with Gasteiger partial charge in [-0.25, -0.2) is 17.7 Å². The number of anilines is 1. The fourth-order valence-corrected chi connectivity index (χ4v) is 5.97. The van der Waals surface area contributed by atoms with Crippen molar-refractivity contribution in [1.29, 1.82) is 0 Å². The maximum absolute atomic E-state index is 12.9. The van der Waals surface area contributed by atoms with E-state index in [9.17, 15) is 8.42 Å². The molecule has 0 bridgehead atoms. The van der Waals surface area contributed by atoms with Crippen molar-refractivity contribution in [3.05, 3.63) is 18.7 Å². The second kappa shape index (κ2) is 11.1. The van der Waals surface area contributed by atoms with E-state index in [0.29, 0.717) is 49.0 Å². The van der Waals surface area contributed by atoms with Crippen molar-refractivity contribution in [3.8, 4) is 17.0 Å². The first-order chi connectivity index (χ1) is 17.2. The molecule has 3 aromatic heterocycles. The molecule has 1 saturated heterocycles. The van der Waals surface area contributed by atoms with Crippen LogP contribution in [0.15, 0.2) is 18.7 Å². The zero-order valence-electron chi connectivity index (χ0n) is 21.7. The smallest absolute Gasteiger partial charge is 0.243 e. The fraction of sp³-hybridized carbons (Fsp3) is 0.652. The summed E-state index contributed by atoms with van der Waals surface area (Å²) < 4.78 is 35.1. The standard InChI is InChI=1S/C23H37N9O3S/c1-6-30(5)9-7-11-36(33,34)31-10-8-19(17(4)14-31)27-23-28-22-21(35-16(2)3)20(18-12-25-26-13-18)24-15-32(22)29-23/h12-13,15-17,19H,6-11,14H2,1-5H3,(H,25,26)(H,27,29)/t17-,19+/m1/s1. The minimum absolute atomic E-state index is 0.0517. The first kappa shape index (κ1) is 26.3. The van der Waals surface area contributed by atoms with E-state index in [1.807, 2.05) is 20.9 Å². The lowest BCUT2D eigenvalue weighted by Crippen LogP contribution is -2.48. The van der Waals surface area contributed by atoms with Gasteiger partial charge in [-0.1, -0.05) is 13.8 Å². The minimum atomic E-state index is -3.27. The number of nitrogens with one attached hydrogen (secondary N) is 2. The van der Waals surface area contributed by atoms with Crippen LogP contribution in [0.2, 0.25) is 0 Å². The Hall–Kier alpha value is -2.77. The Bertz CT molecular complexity index is 1240. The molecule has 1 aliphatic rings. The van der Waals surface area contributed by atoms with Gasteiger partial charge in [0.25, 0.3) is 0 Å². The molecule has 4 heterocycles. The fourth-order valence-electron chi connectivity index (χ4n) is 4.37. The van der Waals surface area contributed by atoms with E-state index >= 15 is 0 Å². The molecule has 13 heteroatoms. The van der Waals surface area contributed by atoms with E-state index in [1.54, 1.807) is 27.5 Å². The van der Waals surface area contributed by atoms with Gasteiger partial charge in [-0.2, -0.15) is 14.6 Å². The lowest BCUT2D eigenvalue weighted by molar-refractivity contribution is 0.244. The number of hydrogen-bond acceptors (Lipinski definition) is 9. The predicted molar refractivity (Wildman–Crippen MR) is 138 cm³/mol. The Morgan fingerprint density at radius 3 is 2.83 bits per heavy atom. The van der Waals surface area contributed by atoms with Crippen LogP contribution in [0.25, 0.3) is 16.9 Å². The quantitative estimate of drug-likeness (QED) is 0.390. The average molecular weight is 520 g/mol. The molecular formula is C23H37N9O3S. The number of nitrogens with zero attached hydrogens (tertiary/aromatic N) is 7. The van der Waals surface area contributed by atoms with Crippen molar-refractivity contribution >= 4 is 21.6 Å². The van der Waals surface area contributed by atoms with Crippen LogP contribution in [0.1, 0.15) is 40.5 Å². The molecule has 3 aromatic rings. The topological polar surface area (TPSA) is 134 Å². The zero-order valence-corrected chi connectivity index (χ0v) is 22.5. The van der Waals surface area contributed by atoms with Crippen LogP contribution >= 0.6 is 0 Å². The number of ether oxygens (including phenoxy) is 1. The number of fused-ring (bicyclic) bond motifs is 1. The minimum Gasteiger partial charge on any atom is -0.485 e. The van der Waals surface area contributed by atoms with E-state index in [-0.39, 0.29) is 23.8 Å². The zero-order chi connectivity index (χ0) is 25.9. The van der Waals surface area contributed by atoms with Gasteiger partial charge in [-0.3, -0.25) is 5.10 Å². The van der Waals surface area contributed by atoms with Crippen LogP contribution in [-0.4, -0.2) is 98.5 Å². The van der Waals surface area contributed by atoms with Gasteiger partial charge in [0.15, 0.2) is 5.75 Å². The third-order valence-electron chi connectivity index (χ3n) is 6.53. The Balaban J connectivity index is 1.46. The summed E-state index contributed by atoms with van der Waals surface area (Å²) >= 11 is 0. The molecule has 198 valence electrons. The van der Waals surface area contributed by atoms with Crippen LogP contribution in [0.5, 0.6) is 5.75 Å². The molecule has 0 saturated carbocycles. The Labute approximate surface area is 212 Å². The van der Waals surface area contributed by atoms with Gasteiger partial charge in [0.2, 0.25) is 21.6 Å². The van der Waals surface area contributed by atoms with Gasteiger partial charge in [0.05, 0.1) is 18.1 Å². The molecule has 1 fully saturated rings. The van der Waals surface area contributed by atoms with E-state index in [1.165, 1.54) is 0 Å². The maximum atomic E-state index is 12.9. The molecule has 0 aromatic carbocycles. The number of hydrogen-bond donors (Lipinski definition) is 2. The predicted octanol–water partition coefficient (Wildman–Crippen LogP) is 2.10. The molecule has 0 aliphatic carbocycles. The van der Waals surface area contributed by atoms with Crippen molar-refractivity contribution in [2.45, 2.75) is 52.7 Å². The molecule has 0 radical (unpaired) electrons. The third kappa shape index (κ3) is 5.95. The highest BCUT2D eigenvalue weighted by atomic mass is 32.2. The third-order valence-corrected chi connectivity index (χ3v) is 8.45. The van der Waals surface area contributed by atoms with E-state index in [2.05, 4.69) is 44.3 Å². The summed E-state index contributed by atoms with van der Waals surface area (Å²) in [6.45, 7) is 10.7. The molecule has 2 atom stereocenters. The van der Waals surface area contributed by atoms with Crippen LogP contribution in [0.3, 0.4) is 0 Å². The van der Waals surface area contributed by atoms with Gasteiger partial charge >= 0.3 is 0 Å². The normalized spacial score (nSPS) is 19.4. The molecule has 0 spiro atoms. The number of H-pyrrole nitrogens is 1. The van der Waals surface area contributed by atoms with Crippen LogP contribution in [0.4, 0.5) is 5.95 Å². The highest BCUT2D eigenvalue weighted by Crippen LogP contribution is 2.32. The highest BCUT2D eigenvalue weighted by Gasteiger charge is 2.33. The molecule has 12 nitrogen and oxygen atoms in total. The Morgan fingerprint density at radius 2 is 2.17 bits per heavy atom. The maximum Gasteiger partial charge on any atom is 0.243 e. The molecule has 2 N–H and O–H groups in total. The second-order valence-corrected chi connectivity index (χ2v) is 11.8. The van der Waals surface area contributed by atoms with Crippen molar-refractivity contribution in [1.82, 2.24) is 39.0 Å². The van der Waals surface area contributed by atoms with Crippen molar-refractivity contribution in [2.24, 2.45) is 5.92 Å². The summed E-state index contributed by atoms with van der Waals surface area (Å²) in [7, 11) is -1.26. The van der Waals surface area contributed by atoms with E-state index < -0.39 is 10.0 Å². The molecule has 0 unspecified atom stereocenters. The number of aromatic nitrogens is 6. The molecule has 1 aliphatic heterocycles. The number of rotatable bonds is 11. The van der Waals surface area contributed by atoms with Crippen molar-refractivity contribution in [3.63, 3.8) is 0 Å². The van der Waals surface area contributed by atoms with Gasteiger partial charge in [0, 0.05) is 30.9 Å². The first-order valence-electron chi connectivity index (χ1n) is 12.5. The Kier molecular flexibility index (Phi) is 8.10. The second-order valence-electron chi connectivity index (χ2n) is 9.72. The van der Waals surface area contributed by atoms with E-state index in [0.717, 1.165) is 18.7 Å². The SMILES string of the molecule is CCN(C)CCCS(=O)(=O)N1CC[C@H](Nc2nc3c(OC(C)C)c(-c4cn[nH]c4)ncn3n2)[C@H](C)C1. The molecule has 36 heavy (non-hydrogen) atoms. The lowest BCUT2D eigenvalue weighted by Gasteiger charge is -2.36. The summed E-state index contributed by atoms with van der Waals surface area (Å²) in [5, 5.41) is 14.8. The molecule has 0 amide bonds. The van der Waals surface area contributed by atoms with Crippen LogP contribution in [0, 0.1) is 5.92 Å². The largest absolute Gasteiger partial charge is 0.485 e. The summed E-state index contributed by atoms with van der Waals surface area (Å²) in [6, 6.07) is 0.0517. The summed E-state index contributed by atoms with van der Waals surface area (Å²) in [5.74, 6) is 1.29. The van der Waals surface area contributed by atoms with Gasteiger partial charge in [0.1, 0.15) is 12.0 Å². The Morgan fingerprint density at radius 1 is 1.36 bits per heavy atom. The monoisotopic (exact) mass is 519 g/mol. The number of piperidine rings is 1. The van der Waals surface area contributed by atoms with Crippen molar-refractivity contribution in [2.75, 3.05) is 44.3 Å². The van der Waals surface area contributed by atoms with E-state index in [4.69, 9.17) is 9.72 Å². The van der Waals surface area contributed by atoms with Gasteiger partial charge < -0.3 is 15.0 Å². The molecular weight excluding hydrogens is 482 g/mol. The average Bonchev–Trinajstić information content (AvgIpc) is 3.50. The highest BCUT2D eigenvalue weighted by molar-refractivity contribution is 7.89. The van der Waals surface area contributed by atoms with Crippen LogP contribution in [-0.2, 0) is 10.0 Å². The lowest BCUT2D eigenvalue weighted by atomic mass is 9.95. The summed E-state index contributed by atoms with van der Waals surface area (Å²) in [5.41, 5.74) is 2.00. The van der Waals surface area contributed by atoms with Crippen molar-refractivity contribution < 1.29 is 13.2 Å². The first-order valence-corrected chi connectivity index (χ1v) is 14.1. The summed E-state index contributed by atoms with van der Waals surface area (Å²) in [4.78, 5) is 11.4. The summed E-state index contributed by atoms with van der Waals surface area (Å²) in [6.07, 6.45) is 6.29. The van der Waals surface area contributed by atoms with Gasteiger partial charge in [-0.05, 0) is 52.7 Å². The molecule has 4 rings (SSSR count). The number of aromatic amines is 1. The number of sulfonamides is 1. The van der Waals surface area contributed by atoms with Gasteiger partial charge in [-0.15, -0.1) is 5.10 Å². The van der Waals surface area contributed by atoms with Crippen LogP contribution < -0.4 is 10.1 Å².